The molecule has 1 unspecified atom stereocenters. The molecule has 0 aliphatic rings. The monoisotopic (exact) mass is 214 g/mol. The summed E-state index contributed by atoms with van der Waals surface area (Å²) in [4.78, 5) is 3.30. The van der Waals surface area contributed by atoms with E-state index in [1.807, 2.05) is 7.05 Å². The van der Waals surface area contributed by atoms with Crippen LogP contribution in [0.3, 0.4) is 0 Å². The molecule has 2 N–H and O–H groups in total. The number of benzene rings is 1. The molecular formula is C14H18N2. The van der Waals surface area contributed by atoms with Crippen LogP contribution in [0.5, 0.6) is 0 Å². The van der Waals surface area contributed by atoms with Crippen molar-refractivity contribution in [3.05, 3.63) is 48.2 Å². The minimum Gasteiger partial charge on any atom is -0.361 e. The number of H-pyrrole nitrogens is 1. The van der Waals surface area contributed by atoms with Crippen LogP contribution in [0.4, 0.5) is 0 Å². The molecule has 0 spiro atoms. The summed E-state index contributed by atoms with van der Waals surface area (Å²) < 4.78 is 0. The third-order valence-electron chi connectivity index (χ3n) is 3.04. The lowest BCUT2D eigenvalue weighted by Gasteiger charge is -2.15. The van der Waals surface area contributed by atoms with E-state index in [1.54, 1.807) is 0 Å². The molecule has 0 amide bonds. The number of likely N-dealkylation sites (N-methyl/N-ethyl adjacent to an activating group) is 1. The maximum atomic E-state index is 4.01. The molecule has 0 radical (unpaired) electrons. The molecule has 16 heavy (non-hydrogen) atoms. The quantitative estimate of drug-likeness (QED) is 0.752. The number of hydrogen-bond donors (Lipinski definition) is 2. The highest BCUT2D eigenvalue weighted by Gasteiger charge is 2.10. The highest BCUT2D eigenvalue weighted by Crippen LogP contribution is 2.20. The van der Waals surface area contributed by atoms with Gasteiger partial charge in [0.15, 0.2) is 0 Å². The van der Waals surface area contributed by atoms with Gasteiger partial charge in [0, 0.05) is 23.1 Å². The standard InChI is InChI=1S/C14H18N2/c1-10(2)14(15-3)8-11-9-16-13-7-5-4-6-12(11)13/h4-7,9,14-16H,1,8H2,2-3H3. The molecule has 0 saturated heterocycles. The van der Waals surface area contributed by atoms with E-state index in [0.717, 1.165) is 6.42 Å². The Kier molecular flexibility index (Phi) is 3.11. The van der Waals surface area contributed by atoms with E-state index < -0.39 is 0 Å². The van der Waals surface area contributed by atoms with Crippen LogP contribution < -0.4 is 5.32 Å². The predicted octanol–water partition coefficient (Wildman–Crippen LogP) is 2.87. The van der Waals surface area contributed by atoms with Crippen molar-refractivity contribution < 1.29 is 0 Å². The highest BCUT2D eigenvalue weighted by molar-refractivity contribution is 5.83. The SMILES string of the molecule is C=C(C)C(Cc1c[nH]c2ccccc12)NC. The lowest BCUT2D eigenvalue weighted by atomic mass is 10.0. The van der Waals surface area contributed by atoms with Gasteiger partial charge in [0.2, 0.25) is 0 Å². The molecule has 84 valence electrons. The van der Waals surface area contributed by atoms with Crippen molar-refractivity contribution in [1.29, 1.82) is 0 Å². The first-order valence-corrected chi connectivity index (χ1v) is 5.60. The van der Waals surface area contributed by atoms with E-state index in [9.17, 15) is 0 Å². The summed E-state index contributed by atoms with van der Waals surface area (Å²) in [6.45, 7) is 6.08. The van der Waals surface area contributed by atoms with Crippen molar-refractivity contribution >= 4 is 10.9 Å². The highest BCUT2D eigenvalue weighted by atomic mass is 14.9. The largest absolute Gasteiger partial charge is 0.361 e. The third kappa shape index (κ3) is 2.02. The molecule has 1 atom stereocenters. The average Bonchev–Trinajstić information content (AvgIpc) is 2.69. The minimum atomic E-state index is 0.346. The Bertz CT molecular complexity index is 496. The van der Waals surface area contributed by atoms with Gasteiger partial charge in [-0.15, -0.1) is 0 Å². The van der Waals surface area contributed by atoms with Gasteiger partial charge in [-0.05, 0) is 32.0 Å². The van der Waals surface area contributed by atoms with Crippen molar-refractivity contribution in [1.82, 2.24) is 10.3 Å². The van der Waals surface area contributed by atoms with Crippen molar-refractivity contribution in [2.24, 2.45) is 0 Å². The van der Waals surface area contributed by atoms with Crippen LogP contribution in [0, 0.1) is 0 Å². The molecule has 2 heteroatoms. The van der Waals surface area contributed by atoms with Crippen LogP contribution in [-0.2, 0) is 6.42 Å². The third-order valence-corrected chi connectivity index (χ3v) is 3.04. The molecule has 0 saturated carbocycles. The molecular weight excluding hydrogens is 196 g/mol. The fourth-order valence-corrected chi connectivity index (χ4v) is 2.04. The van der Waals surface area contributed by atoms with Gasteiger partial charge in [0.1, 0.15) is 0 Å². The Balaban J connectivity index is 2.30. The first-order chi connectivity index (χ1) is 7.72. The van der Waals surface area contributed by atoms with E-state index in [4.69, 9.17) is 0 Å². The molecule has 1 heterocycles. The second-order valence-electron chi connectivity index (χ2n) is 4.25. The van der Waals surface area contributed by atoms with Crippen molar-refractivity contribution in [3.8, 4) is 0 Å². The molecule has 1 aromatic carbocycles. The van der Waals surface area contributed by atoms with Gasteiger partial charge in [-0.3, -0.25) is 0 Å². The number of hydrogen-bond acceptors (Lipinski definition) is 1. The number of aromatic amines is 1. The lowest BCUT2D eigenvalue weighted by Crippen LogP contribution is -2.28. The van der Waals surface area contributed by atoms with E-state index in [0.29, 0.717) is 6.04 Å². The number of aromatic nitrogens is 1. The maximum Gasteiger partial charge on any atom is 0.0456 e. The number of rotatable bonds is 4. The minimum absolute atomic E-state index is 0.346. The van der Waals surface area contributed by atoms with Crippen LogP contribution in [0.1, 0.15) is 12.5 Å². The Morgan fingerprint density at radius 2 is 2.19 bits per heavy atom. The molecule has 2 aromatic rings. The van der Waals surface area contributed by atoms with Crippen molar-refractivity contribution in [2.45, 2.75) is 19.4 Å². The second kappa shape index (κ2) is 4.54. The topological polar surface area (TPSA) is 27.8 Å². The van der Waals surface area contributed by atoms with Gasteiger partial charge in [0.25, 0.3) is 0 Å². The summed E-state index contributed by atoms with van der Waals surface area (Å²) in [6.07, 6.45) is 3.08. The van der Waals surface area contributed by atoms with Gasteiger partial charge >= 0.3 is 0 Å². The van der Waals surface area contributed by atoms with Crippen molar-refractivity contribution in [3.63, 3.8) is 0 Å². The lowest BCUT2D eigenvalue weighted by molar-refractivity contribution is 0.636. The Hall–Kier alpha value is -1.54. The summed E-state index contributed by atoms with van der Waals surface area (Å²) in [6, 6.07) is 8.74. The van der Waals surface area contributed by atoms with Crippen molar-refractivity contribution in [2.75, 3.05) is 7.05 Å². The van der Waals surface area contributed by atoms with Crippen LogP contribution in [0.2, 0.25) is 0 Å². The summed E-state index contributed by atoms with van der Waals surface area (Å²) in [5.74, 6) is 0. The molecule has 2 rings (SSSR count). The van der Waals surface area contributed by atoms with Crippen LogP contribution in [0.25, 0.3) is 10.9 Å². The number of para-hydroxylation sites is 1. The first-order valence-electron chi connectivity index (χ1n) is 5.60. The zero-order valence-electron chi connectivity index (χ0n) is 9.88. The summed E-state index contributed by atoms with van der Waals surface area (Å²) >= 11 is 0. The zero-order chi connectivity index (χ0) is 11.5. The summed E-state index contributed by atoms with van der Waals surface area (Å²) in [7, 11) is 1.98. The Labute approximate surface area is 96.4 Å². The fraction of sp³-hybridized carbons (Fsp3) is 0.286. The molecule has 0 aliphatic heterocycles. The fourth-order valence-electron chi connectivity index (χ4n) is 2.04. The van der Waals surface area contributed by atoms with E-state index in [1.165, 1.54) is 22.0 Å². The predicted molar refractivity (Wildman–Crippen MR) is 69.7 cm³/mol. The smallest absolute Gasteiger partial charge is 0.0456 e. The molecule has 0 aliphatic carbocycles. The van der Waals surface area contributed by atoms with Crippen LogP contribution >= 0.6 is 0 Å². The summed E-state index contributed by atoms with van der Waals surface area (Å²) in [5, 5.41) is 4.60. The number of nitrogens with one attached hydrogen (secondary N) is 2. The van der Waals surface area contributed by atoms with E-state index >= 15 is 0 Å². The van der Waals surface area contributed by atoms with Crippen LogP contribution in [-0.4, -0.2) is 18.1 Å². The van der Waals surface area contributed by atoms with Gasteiger partial charge in [-0.25, -0.2) is 0 Å². The van der Waals surface area contributed by atoms with Gasteiger partial charge in [-0.1, -0.05) is 30.4 Å². The molecule has 0 bridgehead atoms. The summed E-state index contributed by atoms with van der Waals surface area (Å²) in [5.41, 5.74) is 3.72. The van der Waals surface area contributed by atoms with Gasteiger partial charge in [-0.2, -0.15) is 0 Å². The van der Waals surface area contributed by atoms with Crippen LogP contribution in [0.15, 0.2) is 42.6 Å². The zero-order valence-corrected chi connectivity index (χ0v) is 9.88. The molecule has 2 nitrogen and oxygen atoms in total. The maximum absolute atomic E-state index is 4.01. The molecule has 1 aromatic heterocycles. The van der Waals surface area contributed by atoms with E-state index in [-0.39, 0.29) is 0 Å². The normalized spacial score (nSPS) is 12.9. The second-order valence-corrected chi connectivity index (χ2v) is 4.25. The average molecular weight is 214 g/mol. The Morgan fingerprint density at radius 1 is 1.44 bits per heavy atom. The first kappa shape index (κ1) is 11.0. The Morgan fingerprint density at radius 3 is 2.88 bits per heavy atom. The van der Waals surface area contributed by atoms with E-state index in [2.05, 4.69) is 54.3 Å². The molecule has 0 fully saturated rings. The van der Waals surface area contributed by atoms with Gasteiger partial charge in [0.05, 0.1) is 0 Å². The number of fused-ring (bicyclic) bond motifs is 1. The van der Waals surface area contributed by atoms with Gasteiger partial charge < -0.3 is 10.3 Å².